The molecule has 2 aliphatic heterocycles. The first-order chi connectivity index (χ1) is 9.70. The second-order valence-electron chi connectivity index (χ2n) is 8.16. The van der Waals surface area contributed by atoms with Crippen molar-refractivity contribution in [3.63, 3.8) is 0 Å². The van der Waals surface area contributed by atoms with Crippen molar-refractivity contribution in [2.75, 3.05) is 32.7 Å². The van der Waals surface area contributed by atoms with Crippen molar-refractivity contribution in [2.24, 2.45) is 23.2 Å². The molecular formula is C18H34N2. The van der Waals surface area contributed by atoms with Crippen molar-refractivity contribution in [1.82, 2.24) is 10.2 Å². The summed E-state index contributed by atoms with van der Waals surface area (Å²) in [6, 6.07) is 0. The van der Waals surface area contributed by atoms with Crippen molar-refractivity contribution in [1.29, 1.82) is 0 Å². The molecule has 0 aromatic carbocycles. The van der Waals surface area contributed by atoms with Crippen LogP contribution in [0.2, 0.25) is 0 Å². The van der Waals surface area contributed by atoms with Crippen LogP contribution in [0.15, 0.2) is 0 Å². The Morgan fingerprint density at radius 2 is 1.80 bits per heavy atom. The lowest BCUT2D eigenvalue weighted by Gasteiger charge is -2.52. The predicted molar refractivity (Wildman–Crippen MR) is 85.9 cm³/mol. The van der Waals surface area contributed by atoms with Gasteiger partial charge in [0.25, 0.3) is 0 Å². The van der Waals surface area contributed by atoms with Gasteiger partial charge in [-0.05, 0) is 68.6 Å². The Bertz CT molecular complexity index is 299. The van der Waals surface area contributed by atoms with Gasteiger partial charge in [-0.25, -0.2) is 0 Å². The van der Waals surface area contributed by atoms with Gasteiger partial charge in [-0.1, -0.05) is 39.5 Å². The molecule has 0 amide bonds. The lowest BCUT2D eigenvalue weighted by Crippen LogP contribution is -2.53. The molecule has 3 rings (SSSR count). The van der Waals surface area contributed by atoms with Gasteiger partial charge in [0.1, 0.15) is 0 Å². The van der Waals surface area contributed by atoms with Crippen LogP contribution in [0.1, 0.15) is 58.8 Å². The fraction of sp³-hybridized carbons (Fsp3) is 1.00. The van der Waals surface area contributed by atoms with Gasteiger partial charge < -0.3 is 10.2 Å². The first kappa shape index (κ1) is 14.8. The van der Waals surface area contributed by atoms with Crippen LogP contribution in [0, 0.1) is 23.2 Å². The summed E-state index contributed by atoms with van der Waals surface area (Å²) in [5.74, 6) is 2.85. The number of likely N-dealkylation sites (tertiary alicyclic amines) is 1. The number of piperidine rings is 2. The highest BCUT2D eigenvalue weighted by atomic mass is 15.1. The normalized spacial score (nSPS) is 32.2. The summed E-state index contributed by atoms with van der Waals surface area (Å²) in [6.45, 7) is 11.3. The Kier molecular flexibility index (Phi) is 4.72. The summed E-state index contributed by atoms with van der Waals surface area (Å²) in [6.07, 6.45) is 10.4. The van der Waals surface area contributed by atoms with E-state index in [4.69, 9.17) is 0 Å². The third kappa shape index (κ3) is 3.06. The van der Waals surface area contributed by atoms with Crippen LogP contribution in [-0.4, -0.2) is 37.6 Å². The minimum Gasteiger partial charge on any atom is -0.316 e. The number of nitrogens with zero attached hydrogens (tertiary/aromatic N) is 1. The van der Waals surface area contributed by atoms with E-state index in [2.05, 4.69) is 24.1 Å². The largest absolute Gasteiger partial charge is 0.316 e. The molecule has 2 heteroatoms. The van der Waals surface area contributed by atoms with E-state index in [0.717, 1.165) is 17.8 Å². The summed E-state index contributed by atoms with van der Waals surface area (Å²) >= 11 is 0. The minimum absolute atomic E-state index is 0.702. The van der Waals surface area contributed by atoms with Gasteiger partial charge in [-0.2, -0.15) is 0 Å². The average molecular weight is 278 g/mol. The molecule has 20 heavy (non-hydrogen) atoms. The number of nitrogens with one attached hydrogen (secondary N) is 1. The van der Waals surface area contributed by atoms with E-state index in [1.165, 1.54) is 77.7 Å². The zero-order chi connectivity index (χ0) is 14.0. The zero-order valence-corrected chi connectivity index (χ0v) is 13.7. The van der Waals surface area contributed by atoms with Crippen molar-refractivity contribution < 1.29 is 0 Å². The third-order valence-electron chi connectivity index (χ3n) is 6.39. The van der Waals surface area contributed by atoms with Crippen LogP contribution < -0.4 is 5.32 Å². The van der Waals surface area contributed by atoms with Crippen molar-refractivity contribution in [3.05, 3.63) is 0 Å². The van der Waals surface area contributed by atoms with Crippen molar-refractivity contribution >= 4 is 0 Å². The second-order valence-corrected chi connectivity index (χ2v) is 8.16. The first-order valence-electron chi connectivity index (χ1n) is 9.13. The Labute approximate surface area is 125 Å². The molecule has 1 spiro atoms. The molecule has 1 aliphatic carbocycles. The van der Waals surface area contributed by atoms with Gasteiger partial charge in [-0.3, -0.25) is 0 Å². The molecule has 1 unspecified atom stereocenters. The third-order valence-corrected chi connectivity index (χ3v) is 6.39. The summed E-state index contributed by atoms with van der Waals surface area (Å²) in [5, 5.41) is 3.71. The highest BCUT2D eigenvalue weighted by Crippen LogP contribution is 2.50. The second kappa shape index (κ2) is 6.36. The highest BCUT2D eigenvalue weighted by Gasteiger charge is 2.46. The van der Waals surface area contributed by atoms with E-state index in [-0.39, 0.29) is 0 Å². The smallest absolute Gasteiger partial charge is 0.000439 e. The van der Waals surface area contributed by atoms with Gasteiger partial charge in [0.15, 0.2) is 0 Å². The first-order valence-corrected chi connectivity index (χ1v) is 9.13. The number of hydrogen-bond donors (Lipinski definition) is 1. The van der Waals surface area contributed by atoms with E-state index >= 15 is 0 Å². The van der Waals surface area contributed by atoms with Crippen LogP contribution in [0.3, 0.4) is 0 Å². The molecule has 2 nitrogen and oxygen atoms in total. The summed E-state index contributed by atoms with van der Waals surface area (Å²) < 4.78 is 0. The van der Waals surface area contributed by atoms with Gasteiger partial charge in [0.2, 0.25) is 0 Å². The summed E-state index contributed by atoms with van der Waals surface area (Å²) in [4.78, 5) is 2.73. The zero-order valence-electron chi connectivity index (χ0n) is 13.7. The molecule has 1 N–H and O–H groups in total. The van der Waals surface area contributed by atoms with E-state index in [1.54, 1.807) is 0 Å². The van der Waals surface area contributed by atoms with Gasteiger partial charge in [-0.15, -0.1) is 0 Å². The van der Waals surface area contributed by atoms with Gasteiger partial charge in [0, 0.05) is 6.54 Å². The Morgan fingerprint density at radius 3 is 2.45 bits per heavy atom. The van der Waals surface area contributed by atoms with Crippen molar-refractivity contribution in [3.8, 4) is 0 Å². The predicted octanol–water partition coefficient (Wildman–Crippen LogP) is 3.52. The van der Waals surface area contributed by atoms with Crippen LogP contribution in [-0.2, 0) is 0 Å². The Hall–Kier alpha value is -0.0800. The van der Waals surface area contributed by atoms with E-state index < -0.39 is 0 Å². The summed E-state index contributed by atoms with van der Waals surface area (Å²) in [7, 11) is 0. The minimum atomic E-state index is 0.702. The van der Waals surface area contributed by atoms with Crippen molar-refractivity contribution in [2.45, 2.75) is 58.8 Å². The summed E-state index contributed by atoms with van der Waals surface area (Å²) in [5.41, 5.74) is 0.702. The Balaban J connectivity index is 1.63. The molecule has 0 radical (unpaired) electrons. The lowest BCUT2D eigenvalue weighted by atomic mass is 9.60. The molecule has 2 saturated heterocycles. The Morgan fingerprint density at radius 1 is 1.10 bits per heavy atom. The van der Waals surface area contributed by atoms with Gasteiger partial charge in [0.05, 0.1) is 0 Å². The molecule has 1 atom stereocenters. The molecular weight excluding hydrogens is 244 g/mol. The maximum atomic E-state index is 3.71. The van der Waals surface area contributed by atoms with Crippen LogP contribution in [0.25, 0.3) is 0 Å². The topological polar surface area (TPSA) is 15.3 Å². The van der Waals surface area contributed by atoms with E-state index in [0.29, 0.717) is 5.41 Å². The van der Waals surface area contributed by atoms with E-state index in [9.17, 15) is 0 Å². The maximum Gasteiger partial charge on any atom is 0.000439 e. The van der Waals surface area contributed by atoms with Gasteiger partial charge >= 0.3 is 0 Å². The van der Waals surface area contributed by atoms with Crippen LogP contribution >= 0.6 is 0 Å². The van der Waals surface area contributed by atoms with Crippen LogP contribution in [0.4, 0.5) is 0 Å². The monoisotopic (exact) mass is 278 g/mol. The standard InChI is InChI=1S/C18H34N2/c1-15(2)14-20-11-8-18(9-12-20)7-10-19-13-17(18)16-5-3-4-6-16/h15-17,19H,3-14H2,1-2H3. The quantitative estimate of drug-likeness (QED) is 0.849. The SMILES string of the molecule is CC(C)CN1CCC2(CCNCC2C2CCCC2)CC1. The molecule has 0 bridgehead atoms. The molecule has 0 aromatic rings. The maximum absolute atomic E-state index is 3.71. The molecule has 1 saturated carbocycles. The van der Waals surface area contributed by atoms with E-state index in [1.807, 2.05) is 0 Å². The number of hydrogen-bond acceptors (Lipinski definition) is 2. The fourth-order valence-electron chi connectivity index (χ4n) is 5.34. The lowest BCUT2D eigenvalue weighted by molar-refractivity contribution is -0.00713. The fourth-order valence-corrected chi connectivity index (χ4v) is 5.34. The molecule has 0 aromatic heterocycles. The highest BCUT2D eigenvalue weighted by molar-refractivity contribution is 4.98. The molecule has 116 valence electrons. The van der Waals surface area contributed by atoms with Crippen LogP contribution in [0.5, 0.6) is 0 Å². The molecule has 2 heterocycles. The number of rotatable bonds is 3. The molecule has 3 aliphatic rings. The average Bonchev–Trinajstić information content (AvgIpc) is 2.95. The molecule has 3 fully saturated rings.